The van der Waals surface area contributed by atoms with Crippen LogP contribution in [-0.2, 0) is 14.3 Å². The van der Waals surface area contributed by atoms with Crippen molar-refractivity contribution in [3.05, 3.63) is 71.3 Å². The standard InChI is InChI=1S/C21H18N2O6/c1-13-3-5-14(6-4-13)17-11-19(29-23-17)22-18(24)12-28-21(26)16-9-7-15(8-10-16)20(25)27-2/h3-11H,12H2,1-2H3,(H,22,24). The zero-order valence-corrected chi connectivity index (χ0v) is 15.8. The van der Waals surface area contributed by atoms with Crippen LogP contribution in [0.15, 0.2) is 59.1 Å². The van der Waals surface area contributed by atoms with Crippen molar-refractivity contribution in [1.82, 2.24) is 5.16 Å². The zero-order valence-electron chi connectivity index (χ0n) is 15.8. The van der Waals surface area contributed by atoms with Gasteiger partial charge in [0.2, 0.25) is 5.88 Å². The first-order valence-corrected chi connectivity index (χ1v) is 8.65. The van der Waals surface area contributed by atoms with E-state index >= 15 is 0 Å². The summed E-state index contributed by atoms with van der Waals surface area (Å²) in [6.07, 6.45) is 0. The largest absolute Gasteiger partial charge is 0.465 e. The van der Waals surface area contributed by atoms with E-state index in [1.54, 1.807) is 6.07 Å². The third kappa shape index (κ3) is 5.07. The number of methoxy groups -OCH3 is 1. The van der Waals surface area contributed by atoms with Crippen LogP contribution in [0, 0.1) is 6.92 Å². The Hall–Kier alpha value is -3.94. The highest BCUT2D eigenvalue weighted by Crippen LogP contribution is 2.22. The van der Waals surface area contributed by atoms with Gasteiger partial charge in [0, 0.05) is 11.6 Å². The number of esters is 2. The number of nitrogens with one attached hydrogen (secondary N) is 1. The number of nitrogens with zero attached hydrogens (tertiary/aromatic N) is 1. The molecule has 2 aromatic carbocycles. The van der Waals surface area contributed by atoms with Crippen molar-refractivity contribution in [2.24, 2.45) is 0 Å². The van der Waals surface area contributed by atoms with Gasteiger partial charge in [-0.2, -0.15) is 0 Å². The van der Waals surface area contributed by atoms with E-state index in [-0.39, 0.29) is 11.4 Å². The summed E-state index contributed by atoms with van der Waals surface area (Å²) >= 11 is 0. The highest BCUT2D eigenvalue weighted by atomic mass is 16.5. The van der Waals surface area contributed by atoms with Gasteiger partial charge in [-0.1, -0.05) is 35.0 Å². The average molecular weight is 394 g/mol. The first kappa shape index (κ1) is 19.8. The van der Waals surface area contributed by atoms with Gasteiger partial charge in [0.1, 0.15) is 5.69 Å². The number of amides is 1. The molecule has 8 nitrogen and oxygen atoms in total. The molecule has 0 radical (unpaired) electrons. The van der Waals surface area contributed by atoms with E-state index in [1.807, 2.05) is 31.2 Å². The summed E-state index contributed by atoms with van der Waals surface area (Å²) in [5.41, 5.74) is 3.04. The summed E-state index contributed by atoms with van der Waals surface area (Å²) in [4.78, 5) is 35.4. The normalized spacial score (nSPS) is 10.3. The molecule has 0 saturated carbocycles. The number of aromatic nitrogens is 1. The zero-order chi connectivity index (χ0) is 20.8. The fraction of sp³-hybridized carbons (Fsp3) is 0.143. The number of rotatable bonds is 6. The Labute approximate surface area is 166 Å². The summed E-state index contributed by atoms with van der Waals surface area (Å²) in [6.45, 7) is 1.48. The van der Waals surface area contributed by atoms with E-state index in [4.69, 9.17) is 9.26 Å². The molecule has 0 aliphatic heterocycles. The Kier molecular flexibility index (Phi) is 6.03. The van der Waals surface area contributed by atoms with Gasteiger partial charge < -0.3 is 14.0 Å². The Morgan fingerprint density at radius 1 is 0.966 bits per heavy atom. The second-order valence-electron chi connectivity index (χ2n) is 6.14. The molecule has 0 atom stereocenters. The van der Waals surface area contributed by atoms with Crippen LogP contribution in [0.5, 0.6) is 0 Å². The smallest absolute Gasteiger partial charge is 0.338 e. The van der Waals surface area contributed by atoms with Crippen LogP contribution in [0.1, 0.15) is 26.3 Å². The van der Waals surface area contributed by atoms with E-state index in [0.29, 0.717) is 11.3 Å². The molecule has 1 aromatic heterocycles. The number of anilines is 1. The highest BCUT2D eigenvalue weighted by molar-refractivity contribution is 5.96. The first-order valence-electron chi connectivity index (χ1n) is 8.65. The van der Waals surface area contributed by atoms with E-state index < -0.39 is 24.5 Å². The SMILES string of the molecule is COC(=O)c1ccc(C(=O)OCC(=O)Nc2cc(-c3ccc(C)cc3)no2)cc1. The van der Waals surface area contributed by atoms with E-state index in [9.17, 15) is 14.4 Å². The molecule has 1 N–H and O–H groups in total. The summed E-state index contributed by atoms with van der Waals surface area (Å²) < 4.78 is 14.6. The van der Waals surface area contributed by atoms with Gasteiger partial charge in [0.25, 0.3) is 5.91 Å². The number of benzene rings is 2. The average Bonchev–Trinajstić information content (AvgIpc) is 3.20. The maximum atomic E-state index is 12.0. The molecule has 8 heteroatoms. The Morgan fingerprint density at radius 3 is 2.21 bits per heavy atom. The molecule has 0 bridgehead atoms. The van der Waals surface area contributed by atoms with Gasteiger partial charge in [-0.3, -0.25) is 10.1 Å². The van der Waals surface area contributed by atoms with Gasteiger partial charge in [-0.25, -0.2) is 9.59 Å². The summed E-state index contributed by atoms with van der Waals surface area (Å²) in [5, 5.41) is 6.38. The second-order valence-corrected chi connectivity index (χ2v) is 6.14. The first-order chi connectivity index (χ1) is 14.0. The number of ether oxygens (including phenoxy) is 2. The van der Waals surface area contributed by atoms with Crippen molar-refractivity contribution in [1.29, 1.82) is 0 Å². The van der Waals surface area contributed by atoms with E-state index in [0.717, 1.165) is 11.1 Å². The molecular formula is C21H18N2O6. The van der Waals surface area contributed by atoms with Gasteiger partial charge >= 0.3 is 11.9 Å². The van der Waals surface area contributed by atoms with Crippen LogP contribution in [0.3, 0.4) is 0 Å². The molecular weight excluding hydrogens is 376 g/mol. The van der Waals surface area contributed by atoms with Crippen LogP contribution >= 0.6 is 0 Å². The maximum absolute atomic E-state index is 12.0. The minimum atomic E-state index is -0.700. The third-order valence-electron chi connectivity index (χ3n) is 4.00. The molecule has 29 heavy (non-hydrogen) atoms. The molecule has 0 aliphatic carbocycles. The Morgan fingerprint density at radius 2 is 1.59 bits per heavy atom. The molecule has 0 fully saturated rings. The molecule has 148 valence electrons. The molecule has 0 unspecified atom stereocenters. The van der Waals surface area contributed by atoms with Crippen molar-refractivity contribution < 1.29 is 28.4 Å². The van der Waals surface area contributed by atoms with Gasteiger partial charge in [0.15, 0.2) is 6.61 Å². The third-order valence-corrected chi connectivity index (χ3v) is 4.00. The number of hydrogen-bond acceptors (Lipinski definition) is 7. The maximum Gasteiger partial charge on any atom is 0.338 e. The predicted molar refractivity (Wildman–Crippen MR) is 103 cm³/mol. The number of hydrogen-bond donors (Lipinski definition) is 1. The minimum Gasteiger partial charge on any atom is -0.465 e. The van der Waals surface area contributed by atoms with Gasteiger partial charge in [-0.05, 0) is 31.2 Å². The monoisotopic (exact) mass is 394 g/mol. The van der Waals surface area contributed by atoms with Crippen LogP contribution in [0.25, 0.3) is 11.3 Å². The van der Waals surface area contributed by atoms with Crippen LogP contribution in [0.4, 0.5) is 5.88 Å². The fourth-order valence-electron chi connectivity index (χ4n) is 2.44. The van der Waals surface area contributed by atoms with Crippen molar-refractivity contribution in [2.75, 3.05) is 19.0 Å². The molecule has 0 saturated heterocycles. The minimum absolute atomic E-state index is 0.143. The second kappa shape index (κ2) is 8.83. The molecule has 1 heterocycles. The van der Waals surface area contributed by atoms with Crippen LogP contribution < -0.4 is 5.32 Å². The summed E-state index contributed by atoms with van der Waals surface area (Å²) in [6, 6.07) is 15.0. The van der Waals surface area contributed by atoms with E-state index in [2.05, 4.69) is 15.2 Å². The number of aryl methyl sites for hydroxylation is 1. The van der Waals surface area contributed by atoms with Crippen LogP contribution in [-0.4, -0.2) is 36.7 Å². The van der Waals surface area contributed by atoms with Gasteiger partial charge in [-0.15, -0.1) is 0 Å². The van der Waals surface area contributed by atoms with Crippen molar-refractivity contribution in [2.45, 2.75) is 6.92 Å². The Bertz CT molecular complexity index is 1020. The van der Waals surface area contributed by atoms with E-state index in [1.165, 1.54) is 31.4 Å². The van der Waals surface area contributed by atoms with Gasteiger partial charge in [0.05, 0.1) is 18.2 Å². The van der Waals surface area contributed by atoms with Crippen molar-refractivity contribution in [3.63, 3.8) is 0 Å². The topological polar surface area (TPSA) is 108 Å². The Balaban J connectivity index is 1.53. The molecule has 1 amide bonds. The predicted octanol–water partition coefficient (Wildman–Crippen LogP) is 3.23. The summed E-state index contributed by atoms with van der Waals surface area (Å²) in [7, 11) is 1.27. The van der Waals surface area contributed by atoms with Crippen molar-refractivity contribution >= 4 is 23.7 Å². The lowest BCUT2D eigenvalue weighted by atomic mass is 10.1. The lowest BCUT2D eigenvalue weighted by Gasteiger charge is -2.05. The molecule has 3 aromatic rings. The highest BCUT2D eigenvalue weighted by Gasteiger charge is 2.14. The van der Waals surface area contributed by atoms with Crippen LogP contribution in [0.2, 0.25) is 0 Å². The fourth-order valence-corrected chi connectivity index (χ4v) is 2.44. The lowest BCUT2D eigenvalue weighted by Crippen LogP contribution is -2.20. The molecule has 3 rings (SSSR count). The quantitative estimate of drug-likeness (QED) is 0.640. The summed E-state index contributed by atoms with van der Waals surface area (Å²) in [5.74, 6) is -1.64. The lowest BCUT2D eigenvalue weighted by molar-refractivity contribution is -0.119. The number of carbonyl (C=O) groups excluding carboxylic acids is 3. The number of carbonyl (C=O) groups is 3. The molecule has 0 aliphatic rings. The van der Waals surface area contributed by atoms with Crippen molar-refractivity contribution in [3.8, 4) is 11.3 Å². The molecule has 0 spiro atoms.